The predicted molar refractivity (Wildman–Crippen MR) is 48.7 cm³/mol. The van der Waals surface area contributed by atoms with E-state index in [0.717, 1.165) is 0 Å². The molecule has 1 fully saturated rings. The molecule has 6 heteroatoms. The van der Waals surface area contributed by atoms with Gasteiger partial charge in [0.1, 0.15) is 11.7 Å². The van der Waals surface area contributed by atoms with E-state index in [1.54, 1.807) is 19.1 Å². The molecule has 0 aromatic rings. The maximum atomic E-state index is 11.5. The third-order valence-electron chi connectivity index (χ3n) is 3.00. The van der Waals surface area contributed by atoms with Crippen LogP contribution in [-0.4, -0.2) is 35.7 Å². The van der Waals surface area contributed by atoms with Gasteiger partial charge in [-0.1, -0.05) is 12.2 Å². The van der Waals surface area contributed by atoms with Crippen LogP contribution in [0, 0.1) is 16.0 Å². The molecule has 0 radical (unpaired) electrons. The number of fused-ring (bicyclic) bond motifs is 2. The summed E-state index contributed by atoms with van der Waals surface area (Å²) in [7, 11) is 1.22. The summed E-state index contributed by atoms with van der Waals surface area (Å²) < 4.78 is 9.99. The number of hydrogen-bond donors (Lipinski definition) is 0. The average Bonchev–Trinajstić information content (AvgIpc) is 2.68. The smallest absolute Gasteiger partial charge is 0.319 e. The molecule has 0 aliphatic carbocycles. The number of carbonyl (C=O) groups is 1. The fourth-order valence-corrected chi connectivity index (χ4v) is 2.29. The highest BCUT2D eigenvalue weighted by atomic mass is 16.6. The van der Waals surface area contributed by atoms with Gasteiger partial charge in [0.15, 0.2) is 5.92 Å². The first kappa shape index (κ1) is 10.1. The normalized spacial score (nSPS) is 41.9. The van der Waals surface area contributed by atoms with Crippen LogP contribution in [0.25, 0.3) is 0 Å². The van der Waals surface area contributed by atoms with Crippen LogP contribution in [0.15, 0.2) is 12.2 Å². The molecule has 15 heavy (non-hydrogen) atoms. The van der Waals surface area contributed by atoms with Crippen LogP contribution in [0.4, 0.5) is 0 Å². The quantitative estimate of drug-likeness (QED) is 0.282. The summed E-state index contributed by atoms with van der Waals surface area (Å²) in [5.41, 5.74) is -0.893. The number of hydrogen-bond acceptors (Lipinski definition) is 5. The van der Waals surface area contributed by atoms with E-state index in [9.17, 15) is 14.9 Å². The molecule has 0 N–H and O–H groups in total. The van der Waals surface area contributed by atoms with Gasteiger partial charge in [0, 0.05) is 4.92 Å². The number of ether oxygens (including phenoxy) is 2. The first-order valence-electron chi connectivity index (χ1n) is 4.58. The molecule has 4 atom stereocenters. The van der Waals surface area contributed by atoms with Crippen LogP contribution >= 0.6 is 0 Å². The molecule has 0 aromatic heterocycles. The number of nitro groups is 1. The molecular formula is C9H11NO5. The summed E-state index contributed by atoms with van der Waals surface area (Å²) in [5, 5.41) is 10.8. The standard InChI is InChI=1S/C9H11NO5/c1-9-4-3-5(15-9)7(10(12)13)6(9)8(11)14-2/h3-7H,1-2H3/t5-,6-,7-,9+/m1/s1. The van der Waals surface area contributed by atoms with Gasteiger partial charge in [-0.3, -0.25) is 14.9 Å². The second-order valence-corrected chi connectivity index (χ2v) is 3.90. The van der Waals surface area contributed by atoms with E-state index in [1.807, 2.05) is 0 Å². The summed E-state index contributed by atoms with van der Waals surface area (Å²) in [6.07, 6.45) is 2.71. The second-order valence-electron chi connectivity index (χ2n) is 3.90. The monoisotopic (exact) mass is 213 g/mol. The maximum Gasteiger partial charge on any atom is 0.319 e. The van der Waals surface area contributed by atoms with Crippen LogP contribution < -0.4 is 0 Å². The first-order valence-corrected chi connectivity index (χ1v) is 4.58. The number of rotatable bonds is 2. The summed E-state index contributed by atoms with van der Waals surface area (Å²) >= 11 is 0. The van der Waals surface area contributed by atoms with E-state index in [4.69, 9.17) is 4.74 Å². The zero-order chi connectivity index (χ0) is 11.2. The van der Waals surface area contributed by atoms with Crippen molar-refractivity contribution in [3.8, 4) is 0 Å². The lowest BCUT2D eigenvalue weighted by atomic mass is 9.81. The molecule has 0 spiro atoms. The second kappa shape index (κ2) is 3.03. The van der Waals surface area contributed by atoms with Crippen molar-refractivity contribution in [1.29, 1.82) is 0 Å². The molecule has 2 bridgehead atoms. The van der Waals surface area contributed by atoms with E-state index in [1.165, 1.54) is 7.11 Å². The lowest BCUT2D eigenvalue weighted by molar-refractivity contribution is -0.530. The van der Waals surface area contributed by atoms with Crippen molar-refractivity contribution >= 4 is 5.97 Å². The minimum absolute atomic E-state index is 0.471. The number of carbonyl (C=O) groups excluding carboxylic acids is 1. The molecule has 0 aromatic carbocycles. The highest BCUT2D eigenvalue weighted by Gasteiger charge is 2.63. The van der Waals surface area contributed by atoms with Crippen LogP contribution in [-0.2, 0) is 14.3 Å². The lowest BCUT2D eigenvalue weighted by Gasteiger charge is -2.23. The summed E-state index contributed by atoms with van der Waals surface area (Å²) in [5.74, 6) is -1.45. The number of esters is 1. The fourth-order valence-electron chi connectivity index (χ4n) is 2.29. The lowest BCUT2D eigenvalue weighted by Crippen LogP contribution is -2.45. The predicted octanol–water partition coefficient (Wildman–Crippen LogP) is 0.148. The maximum absolute atomic E-state index is 11.5. The Morgan fingerprint density at radius 3 is 2.87 bits per heavy atom. The molecule has 2 heterocycles. The molecule has 1 saturated heterocycles. The van der Waals surface area contributed by atoms with Crippen LogP contribution in [0.1, 0.15) is 6.92 Å². The van der Waals surface area contributed by atoms with E-state index in [-0.39, 0.29) is 0 Å². The van der Waals surface area contributed by atoms with Gasteiger partial charge >= 0.3 is 5.97 Å². The molecular weight excluding hydrogens is 202 g/mol. The van der Waals surface area contributed by atoms with E-state index in [2.05, 4.69) is 4.74 Å². The Hall–Kier alpha value is -1.43. The summed E-state index contributed by atoms with van der Waals surface area (Å²) in [6.45, 7) is 1.66. The Morgan fingerprint density at radius 1 is 1.67 bits per heavy atom. The molecule has 2 rings (SSSR count). The van der Waals surface area contributed by atoms with Crippen molar-refractivity contribution < 1.29 is 19.2 Å². The highest BCUT2D eigenvalue weighted by Crippen LogP contribution is 2.44. The van der Waals surface area contributed by atoms with Gasteiger partial charge < -0.3 is 9.47 Å². The summed E-state index contributed by atoms with van der Waals surface area (Å²) in [6, 6.07) is -1.03. The first-order chi connectivity index (χ1) is 6.99. The summed E-state index contributed by atoms with van der Waals surface area (Å²) in [4.78, 5) is 21.9. The van der Waals surface area contributed by atoms with Gasteiger partial charge in [0.25, 0.3) is 6.04 Å². The SMILES string of the molecule is COC(=O)[C@H]1[C@H]([N+](=O)[O-])[C@H]2C=C[C@]1(C)O2. The van der Waals surface area contributed by atoms with E-state index < -0.39 is 34.6 Å². The average molecular weight is 213 g/mol. The zero-order valence-corrected chi connectivity index (χ0v) is 8.38. The third-order valence-corrected chi connectivity index (χ3v) is 3.00. The fraction of sp³-hybridized carbons (Fsp3) is 0.667. The molecule has 6 nitrogen and oxygen atoms in total. The highest BCUT2D eigenvalue weighted by molar-refractivity contribution is 5.76. The van der Waals surface area contributed by atoms with Crippen LogP contribution in [0.3, 0.4) is 0 Å². The Morgan fingerprint density at radius 2 is 2.33 bits per heavy atom. The van der Waals surface area contributed by atoms with Crippen molar-refractivity contribution in [1.82, 2.24) is 0 Å². The van der Waals surface area contributed by atoms with Gasteiger partial charge in [-0.25, -0.2) is 0 Å². The van der Waals surface area contributed by atoms with Crippen molar-refractivity contribution in [2.24, 2.45) is 5.92 Å². The minimum Gasteiger partial charge on any atom is -0.469 e. The van der Waals surface area contributed by atoms with Crippen LogP contribution in [0.2, 0.25) is 0 Å². The molecule has 2 aliphatic rings. The van der Waals surface area contributed by atoms with Gasteiger partial charge in [0.05, 0.1) is 7.11 Å². The third kappa shape index (κ3) is 1.25. The number of methoxy groups -OCH3 is 1. The van der Waals surface area contributed by atoms with Gasteiger partial charge in [0.2, 0.25) is 0 Å². The molecule has 0 saturated carbocycles. The largest absolute Gasteiger partial charge is 0.469 e. The van der Waals surface area contributed by atoms with Crippen LogP contribution in [0.5, 0.6) is 0 Å². The van der Waals surface area contributed by atoms with E-state index in [0.29, 0.717) is 0 Å². The van der Waals surface area contributed by atoms with Crippen molar-refractivity contribution in [3.05, 3.63) is 22.3 Å². The van der Waals surface area contributed by atoms with E-state index >= 15 is 0 Å². The molecule has 2 aliphatic heterocycles. The molecule has 0 unspecified atom stereocenters. The zero-order valence-electron chi connectivity index (χ0n) is 8.38. The Bertz CT molecular complexity index is 352. The van der Waals surface area contributed by atoms with Crippen molar-refractivity contribution in [2.75, 3.05) is 7.11 Å². The molecule has 0 amide bonds. The van der Waals surface area contributed by atoms with Gasteiger partial charge in [-0.2, -0.15) is 0 Å². The Balaban J connectivity index is 2.37. The Kier molecular flexibility index (Phi) is 2.04. The Labute approximate surface area is 86.0 Å². The molecule has 82 valence electrons. The van der Waals surface area contributed by atoms with Gasteiger partial charge in [-0.05, 0) is 6.92 Å². The van der Waals surface area contributed by atoms with Gasteiger partial charge in [-0.15, -0.1) is 0 Å². The minimum atomic E-state index is -1.03. The van der Waals surface area contributed by atoms with Crippen molar-refractivity contribution in [2.45, 2.75) is 24.7 Å². The van der Waals surface area contributed by atoms with Crippen molar-refractivity contribution in [3.63, 3.8) is 0 Å². The topological polar surface area (TPSA) is 78.7 Å². The number of nitrogens with zero attached hydrogens (tertiary/aromatic N) is 1.